The Hall–Kier alpha value is -1.30. The average molecular weight is 274 g/mol. The molecule has 0 rings (SSSR count). The van der Waals surface area contributed by atoms with Crippen LogP contribution in [0.15, 0.2) is 0 Å². The molecule has 6 heteroatoms. The van der Waals surface area contributed by atoms with Gasteiger partial charge in [-0.2, -0.15) is 0 Å². The first kappa shape index (κ1) is 17.7. The number of aliphatic carboxylic acids is 1. The number of nitrogens with one attached hydrogen (secondary N) is 1. The van der Waals surface area contributed by atoms with E-state index in [1.54, 1.807) is 34.7 Å². The van der Waals surface area contributed by atoms with Gasteiger partial charge in [0.05, 0.1) is 17.6 Å². The molecule has 0 aliphatic rings. The summed E-state index contributed by atoms with van der Waals surface area (Å²) in [7, 11) is 1.58. The Balaban J connectivity index is 4.71. The molecule has 2 amide bonds. The van der Waals surface area contributed by atoms with E-state index in [1.807, 2.05) is 0 Å². The standard InChI is InChI=1S/C13H26N2O4/c1-6-13(7-2,10(17)18)8-14-11(19)15(5)12(3,4)9-16/h16H,6-9H2,1-5H3,(H,14,19)(H,17,18). The quantitative estimate of drug-likeness (QED) is 0.652. The van der Waals surface area contributed by atoms with E-state index >= 15 is 0 Å². The van der Waals surface area contributed by atoms with E-state index in [9.17, 15) is 19.8 Å². The summed E-state index contributed by atoms with van der Waals surface area (Å²) < 4.78 is 0. The third kappa shape index (κ3) is 4.09. The fraction of sp³-hybridized carbons (Fsp3) is 0.846. The van der Waals surface area contributed by atoms with Gasteiger partial charge >= 0.3 is 12.0 Å². The van der Waals surface area contributed by atoms with Crippen LogP contribution in [0, 0.1) is 5.41 Å². The molecule has 19 heavy (non-hydrogen) atoms. The normalized spacial score (nSPS) is 12.1. The largest absolute Gasteiger partial charge is 0.481 e. The van der Waals surface area contributed by atoms with Crippen LogP contribution in [0.4, 0.5) is 4.79 Å². The van der Waals surface area contributed by atoms with Crippen LogP contribution in [0.5, 0.6) is 0 Å². The number of carboxylic acids is 1. The maximum atomic E-state index is 12.0. The molecule has 3 N–H and O–H groups in total. The van der Waals surface area contributed by atoms with E-state index in [-0.39, 0.29) is 19.2 Å². The smallest absolute Gasteiger partial charge is 0.317 e. The van der Waals surface area contributed by atoms with E-state index in [0.717, 1.165) is 0 Å². The predicted molar refractivity (Wildman–Crippen MR) is 73.0 cm³/mol. The molecule has 0 unspecified atom stereocenters. The van der Waals surface area contributed by atoms with Crippen molar-refractivity contribution in [2.75, 3.05) is 20.2 Å². The first-order valence-electron chi connectivity index (χ1n) is 6.52. The molecule has 0 aromatic carbocycles. The molecule has 0 atom stereocenters. The van der Waals surface area contributed by atoms with Crippen molar-refractivity contribution >= 4 is 12.0 Å². The lowest BCUT2D eigenvalue weighted by Gasteiger charge is -2.35. The van der Waals surface area contributed by atoms with Gasteiger partial charge in [-0.05, 0) is 26.7 Å². The van der Waals surface area contributed by atoms with Crippen molar-refractivity contribution in [1.82, 2.24) is 10.2 Å². The van der Waals surface area contributed by atoms with Gasteiger partial charge in [0.2, 0.25) is 0 Å². The summed E-state index contributed by atoms with van der Waals surface area (Å²) in [4.78, 5) is 24.7. The number of carbonyl (C=O) groups is 2. The topological polar surface area (TPSA) is 89.9 Å². The number of carboxylic acid groups (broad SMARTS) is 1. The molecule has 112 valence electrons. The van der Waals surface area contributed by atoms with Gasteiger partial charge in [-0.3, -0.25) is 4.79 Å². The highest BCUT2D eigenvalue weighted by Crippen LogP contribution is 2.25. The van der Waals surface area contributed by atoms with Crippen molar-refractivity contribution in [2.45, 2.75) is 46.1 Å². The second-order valence-corrected chi connectivity index (χ2v) is 5.48. The highest BCUT2D eigenvalue weighted by molar-refractivity contribution is 5.78. The number of urea groups is 1. The first-order chi connectivity index (χ1) is 8.66. The van der Waals surface area contributed by atoms with Crippen LogP contribution in [0.25, 0.3) is 0 Å². The Labute approximate surface area is 114 Å². The minimum atomic E-state index is -0.931. The third-order valence-corrected chi connectivity index (χ3v) is 3.98. The molecule has 0 aliphatic heterocycles. The summed E-state index contributed by atoms with van der Waals surface area (Å²) >= 11 is 0. The average Bonchev–Trinajstić information content (AvgIpc) is 2.38. The van der Waals surface area contributed by atoms with Crippen molar-refractivity contribution in [1.29, 1.82) is 0 Å². The van der Waals surface area contributed by atoms with Crippen LogP contribution < -0.4 is 5.32 Å². The lowest BCUT2D eigenvalue weighted by atomic mass is 9.82. The Morgan fingerprint density at radius 3 is 2.00 bits per heavy atom. The Kier molecular flexibility index (Phi) is 6.29. The van der Waals surface area contributed by atoms with Crippen molar-refractivity contribution in [3.05, 3.63) is 0 Å². The number of hydrogen-bond acceptors (Lipinski definition) is 3. The molecule has 0 aromatic rings. The van der Waals surface area contributed by atoms with Gasteiger partial charge in [0, 0.05) is 13.6 Å². The first-order valence-corrected chi connectivity index (χ1v) is 6.52. The molecule has 0 saturated heterocycles. The summed E-state index contributed by atoms with van der Waals surface area (Å²) in [5, 5.41) is 21.1. The van der Waals surface area contributed by atoms with Gasteiger partial charge in [0.15, 0.2) is 0 Å². The molecule has 0 saturated carbocycles. The van der Waals surface area contributed by atoms with Gasteiger partial charge in [-0.25, -0.2) is 4.79 Å². The number of amides is 2. The summed E-state index contributed by atoms with van der Waals surface area (Å²) in [6, 6.07) is -0.383. The summed E-state index contributed by atoms with van der Waals surface area (Å²) in [5.41, 5.74) is -1.62. The minimum Gasteiger partial charge on any atom is -0.481 e. The molecule has 0 aliphatic carbocycles. The Bertz CT molecular complexity index is 325. The SMILES string of the molecule is CCC(CC)(CNC(=O)N(C)C(C)(C)CO)C(=O)O. The lowest BCUT2D eigenvalue weighted by Crippen LogP contribution is -2.54. The number of hydrogen-bond donors (Lipinski definition) is 3. The van der Waals surface area contributed by atoms with Gasteiger partial charge in [-0.15, -0.1) is 0 Å². The van der Waals surface area contributed by atoms with E-state index in [1.165, 1.54) is 4.90 Å². The van der Waals surface area contributed by atoms with Crippen LogP contribution in [-0.2, 0) is 4.79 Å². The van der Waals surface area contributed by atoms with Crippen molar-refractivity contribution in [3.8, 4) is 0 Å². The van der Waals surface area contributed by atoms with E-state index in [2.05, 4.69) is 5.32 Å². The molecule has 0 spiro atoms. The maximum Gasteiger partial charge on any atom is 0.317 e. The van der Waals surface area contributed by atoms with Gasteiger partial charge in [-0.1, -0.05) is 13.8 Å². The molecule has 0 fully saturated rings. The minimum absolute atomic E-state index is 0.0833. The number of likely N-dealkylation sites (N-methyl/N-ethyl adjacent to an activating group) is 1. The zero-order chi connectivity index (χ0) is 15.3. The van der Waals surface area contributed by atoms with Crippen molar-refractivity contribution in [2.24, 2.45) is 5.41 Å². The van der Waals surface area contributed by atoms with Crippen LogP contribution in [0.3, 0.4) is 0 Å². The maximum absolute atomic E-state index is 12.0. The van der Waals surface area contributed by atoms with E-state index in [4.69, 9.17) is 0 Å². The fourth-order valence-electron chi connectivity index (χ4n) is 1.62. The molecular formula is C13H26N2O4. The summed E-state index contributed by atoms with van der Waals surface area (Å²) in [6.07, 6.45) is 0.901. The number of rotatable bonds is 7. The summed E-state index contributed by atoms with van der Waals surface area (Å²) in [6.45, 7) is 6.98. The number of carbonyl (C=O) groups excluding carboxylic acids is 1. The zero-order valence-electron chi connectivity index (χ0n) is 12.5. The lowest BCUT2D eigenvalue weighted by molar-refractivity contribution is -0.149. The van der Waals surface area contributed by atoms with Crippen LogP contribution in [-0.4, -0.2) is 52.9 Å². The zero-order valence-corrected chi connectivity index (χ0v) is 12.5. The number of aliphatic hydroxyl groups is 1. The Morgan fingerprint density at radius 2 is 1.68 bits per heavy atom. The molecular weight excluding hydrogens is 248 g/mol. The number of aliphatic hydroxyl groups excluding tert-OH is 1. The third-order valence-electron chi connectivity index (χ3n) is 3.98. The summed E-state index contributed by atoms with van der Waals surface area (Å²) in [5.74, 6) is -0.901. The predicted octanol–water partition coefficient (Wildman–Crippen LogP) is 1.29. The second kappa shape index (κ2) is 6.75. The highest BCUT2D eigenvalue weighted by Gasteiger charge is 2.36. The van der Waals surface area contributed by atoms with Crippen molar-refractivity contribution < 1.29 is 19.8 Å². The van der Waals surface area contributed by atoms with Crippen LogP contribution in [0.1, 0.15) is 40.5 Å². The van der Waals surface area contributed by atoms with Crippen LogP contribution >= 0.6 is 0 Å². The molecule has 0 aromatic heterocycles. The van der Waals surface area contributed by atoms with Gasteiger partial charge in [0.25, 0.3) is 0 Å². The van der Waals surface area contributed by atoms with Gasteiger partial charge < -0.3 is 20.4 Å². The monoisotopic (exact) mass is 274 g/mol. The van der Waals surface area contributed by atoms with Gasteiger partial charge in [0.1, 0.15) is 0 Å². The highest BCUT2D eigenvalue weighted by atomic mass is 16.4. The van der Waals surface area contributed by atoms with E-state index in [0.29, 0.717) is 12.8 Å². The van der Waals surface area contributed by atoms with Crippen molar-refractivity contribution in [3.63, 3.8) is 0 Å². The molecule has 6 nitrogen and oxygen atoms in total. The second-order valence-electron chi connectivity index (χ2n) is 5.48. The van der Waals surface area contributed by atoms with E-state index < -0.39 is 16.9 Å². The fourth-order valence-corrected chi connectivity index (χ4v) is 1.62. The molecule has 0 heterocycles. The molecule has 0 bridgehead atoms. The number of nitrogens with zero attached hydrogens (tertiary/aromatic N) is 1. The molecule has 0 radical (unpaired) electrons. The van der Waals surface area contributed by atoms with Crippen LogP contribution in [0.2, 0.25) is 0 Å². The Morgan fingerprint density at radius 1 is 1.21 bits per heavy atom.